The van der Waals surface area contributed by atoms with E-state index in [1.54, 1.807) is 16.9 Å². The van der Waals surface area contributed by atoms with Gasteiger partial charge in [-0.25, -0.2) is 9.50 Å². The van der Waals surface area contributed by atoms with Crippen molar-refractivity contribution in [2.24, 2.45) is 0 Å². The van der Waals surface area contributed by atoms with Crippen LogP contribution in [-0.2, 0) is 17.8 Å². The van der Waals surface area contributed by atoms with E-state index < -0.39 is 0 Å². The van der Waals surface area contributed by atoms with Gasteiger partial charge >= 0.3 is 0 Å². The molecule has 0 fully saturated rings. The summed E-state index contributed by atoms with van der Waals surface area (Å²) in [5.74, 6) is 0.514. The van der Waals surface area contributed by atoms with Gasteiger partial charge in [0.2, 0.25) is 11.1 Å². The zero-order chi connectivity index (χ0) is 17.1. The molecule has 24 heavy (non-hydrogen) atoms. The van der Waals surface area contributed by atoms with Crippen LogP contribution in [0.1, 0.15) is 22.5 Å². The highest BCUT2D eigenvalue weighted by Gasteiger charge is 2.15. The van der Waals surface area contributed by atoms with Gasteiger partial charge in [-0.2, -0.15) is 4.98 Å². The first-order valence-electron chi connectivity index (χ1n) is 7.51. The van der Waals surface area contributed by atoms with Crippen LogP contribution in [0.15, 0.2) is 29.7 Å². The van der Waals surface area contributed by atoms with E-state index in [1.807, 2.05) is 32.2 Å². The number of rotatable bonds is 5. The lowest BCUT2D eigenvalue weighted by Gasteiger charge is -2.10. The second-order valence-electron chi connectivity index (χ2n) is 5.38. The maximum absolute atomic E-state index is 12.3. The van der Waals surface area contributed by atoms with E-state index in [0.29, 0.717) is 17.5 Å². The number of nitrogens with zero attached hydrogens (tertiary/aromatic N) is 5. The molecular formula is C16H18N6OS. The van der Waals surface area contributed by atoms with Gasteiger partial charge in [-0.05, 0) is 37.8 Å². The van der Waals surface area contributed by atoms with Crippen LogP contribution >= 0.6 is 11.8 Å². The van der Waals surface area contributed by atoms with Crippen LogP contribution in [0.3, 0.4) is 0 Å². The average Bonchev–Trinajstić information content (AvgIpc) is 3.01. The van der Waals surface area contributed by atoms with Crippen LogP contribution in [0.25, 0.3) is 5.78 Å². The van der Waals surface area contributed by atoms with Crippen molar-refractivity contribution in [1.82, 2.24) is 29.9 Å². The summed E-state index contributed by atoms with van der Waals surface area (Å²) in [6.07, 6.45) is 5.61. The summed E-state index contributed by atoms with van der Waals surface area (Å²) in [7, 11) is 0. The molecule has 3 heterocycles. The molecular weight excluding hydrogens is 324 g/mol. The van der Waals surface area contributed by atoms with E-state index >= 15 is 0 Å². The SMILES string of the molecule is CSc1nc2nc(C)c(CC(=O)NCc3ccncc3)c(C)n2n1. The molecule has 0 unspecified atom stereocenters. The molecule has 124 valence electrons. The molecule has 3 aromatic rings. The average molecular weight is 342 g/mol. The number of aromatic nitrogens is 5. The summed E-state index contributed by atoms with van der Waals surface area (Å²) in [6.45, 7) is 4.31. The van der Waals surface area contributed by atoms with Gasteiger partial charge in [0.05, 0.1) is 6.42 Å². The molecule has 1 amide bonds. The smallest absolute Gasteiger partial charge is 0.253 e. The van der Waals surface area contributed by atoms with Crippen LogP contribution in [0, 0.1) is 13.8 Å². The van der Waals surface area contributed by atoms with Gasteiger partial charge in [0.25, 0.3) is 5.78 Å². The van der Waals surface area contributed by atoms with Gasteiger partial charge in [-0.15, -0.1) is 5.10 Å². The molecule has 0 aliphatic rings. The zero-order valence-corrected chi connectivity index (χ0v) is 14.6. The van der Waals surface area contributed by atoms with Gasteiger partial charge in [0.1, 0.15) is 0 Å². The molecule has 1 N–H and O–H groups in total. The minimum absolute atomic E-state index is 0.0515. The first-order valence-corrected chi connectivity index (χ1v) is 8.73. The Kier molecular flexibility index (Phi) is 4.75. The molecule has 0 saturated heterocycles. The zero-order valence-electron chi connectivity index (χ0n) is 13.8. The summed E-state index contributed by atoms with van der Waals surface area (Å²) in [6, 6.07) is 3.76. The third-order valence-corrected chi connectivity index (χ3v) is 4.33. The topological polar surface area (TPSA) is 85.1 Å². The van der Waals surface area contributed by atoms with Crippen molar-refractivity contribution >= 4 is 23.4 Å². The first kappa shape index (κ1) is 16.4. The number of carbonyl (C=O) groups excluding carboxylic acids is 1. The van der Waals surface area contributed by atoms with Gasteiger partial charge in [-0.3, -0.25) is 9.78 Å². The first-order chi connectivity index (χ1) is 11.6. The number of hydrogen-bond acceptors (Lipinski definition) is 6. The van der Waals surface area contributed by atoms with Gasteiger partial charge in [0, 0.05) is 35.9 Å². The van der Waals surface area contributed by atoms with E-state index in [1.165, 1.54) is 11.8 Å². The number of thioether (sulfide) groups is 1. The summed E-state index contributed by atoms with van der Waals surface area (Å²) >= 11 is 1.47. The maximum atomic E-state index is 12.3. The quantitative estimate of drug-likeness (QED) is 0.711. The molecule has 0 aliphatic heterocycles. The Labute approximate surface area is 143 Å². The number of aryl methyl sites for hydroxylation is 2. The van der Waals surface area contributed by atoms with Crippen molar-refractivity contribution in [2.45, 2.75) is 32.0 Å². The largest absolute Gasteiger partial charge is 0.352 e. The summed E-state index contributed by atoms with van der Waals surface area (Å²) in [4.78, 5) is 25.1. The van der Waals surface area contributed by atoms with Crippen molar-refractivity contribution in [3.63, 3.8) is 0 Å². The van der Waals surface area contributed by atoms with E-state index in [9.17, 15) is 4.79 Å². The molecule has 0 aliphatic carbocycles. The highest BCUT2D eigenvalue weighted by atomic mass is 32.2. The van der Waals surface area contributed by atoms with E-state index in [-0.39, 0.29) is 12.3 Å². The highest BCUT2D eigenvalue weighted by Crippen LogP contribution is 2.17. The fourth-order valence-electron chi connectivity index (χ4n) is 2.46. The number of pyridine rings is 1. The normalized spacial score (nSPS) is 11.0. The van der Waals surface area contributed by atoms with Crippen LogP contribution in [0.5, 0.6) is 0 Å². The Hall–Kier alpha value is -2.48. The Morgan fingerprint density at radius 3 is 2.71 bits per heavy atom. The molecule has 3 rings (SSSR count). The van der Waals surface area contributed by atoms with Crippen molar-refractivity contribution in [3.8, 4) is 0 Å². The predicted octanol–water partition coefficient (Wildman–Crippen LogP) is 1.72. The van der Waals surface area contributed by atoms with E-state index in [4.69, 9.17) is 0 Å². The van der Waals surface area contributed by atoms with Crippen LogP contribution in [0.2, 0.25) is 0 Å². The monoisotopic (exact) mass is 342 g/mol. The lowest BCUT2D eigenvalue weighted by Crippen LogP contribution is -2.25. The van der Waals surface area contributed by atoms with Crippen molar-refractivity contribution in [1.29, 1.82) is 0 Å². The lowest BCUT2D eigenvalue weighted by atomic mass is 10.1. The fourth-order valence-corrected chi connectivity index (χ4v) is 2.79. The number of carbonyl (C=O) groups is 1. The summed E-state index contributed by atoms with van der Waals surface area (Å²) < 4.78 is 1.70. The maximum Gasteiger partial charge on any atom is 0.253 e. The minimum Gasteiger partial charge on any atom is -0.352 e. The van der Waals surface area contributed by atoms with Gasteiger partial charge < -0.3 is 5.32 Å². The number of hydrogen-bond donors (Lipinski definition) is 1. The lowest BCUT2D eigenvalue weighted by molar-refractivity contribution is -0.120. The van der Waals surface area contributed by atoms with Gasteiger partial charge in [-0.1, -0.05) is 11.8 Å². The number of amides is 1. The van der Waals surface area contributed by atoms with Crippen LogP contribution in [0.4, 0.5) is 0 Å². The fraction of sp³-hybridized carbons (Fsp3) is 0.312. The van der Waals surface area contributed by atoms with Crippen molar-refractivity contribution in [3.05, 3.63) is 47.0 Å². The highest BCUT2D eigenvalue weighted by molar-refractivity contribution is 7.98. The standard InChI is InChI=1S/C16H18N6OS/c1-10-13(8-14(23)18-9-12-4-6-17-7-5-12)11(2)22-15(19-10)20-16(21-22)24-3/h4-7H,8-9H2,1-3H3,(H,18,23). The Morgan fingerprint density at radius 1 is 1.25 bits per heavy atom. The number of fused-ring (bicyclic) bond motifs is 1. The Bertz CT molecular complexity index is 877. The summed E-state index contributed by atoms with van der Waals surface area (Å²) in [5.41, 5.74) is 3.59. The second kappa shape index (κ2) is 6.96. The van der Waals surface area contributed by atoms with E-state index in [0.717, 1.165) is 22.5 Å². The third-order valence-electron chi connectivity index (χ3n) is 3.79. The molecule has 0 radical (unpaired) electrons. The minimum atomic E-state index is -0.0515. The van der Waals surface area contributed by atoms with Crippen molar-refractivity contribution in [2.75, 3.05) is 6.26 Å². The van der Waals surface area contributed by atoms with Crippen LogP contribution in [-0.4, -0.2) is 36.7 Å². The van der Waals surface area contributed by atoms with Crippen LogP contribution < -0.4 is 5.32 Å². The van der Waals surface area contributed by atoms with Gasteiger partial charge in [0.15, 0.2) is 0 Å². The van der Waals surface area contributed by atoms with E-state index in [2.05, 4.69) is 25.4 Å². The Morgan fingerprint density at radius 2 is 2.00 bits per heavy atom. The molecule has 3 aromatic heterocycles. The second-order valence-corrected chi connectivity index (χ2v) is 6.15. The van der Waals surface area contributed by atoms with Crippen molar-refractivity contribution < 1.29 is 4.79 Å². The molecule has 0 bridgehead atoms. The predicted molar refractivity (Wildman–Crippen MR) is 91.8 cm³/mol. The molecule has 8 heteroatoms. The Balaban J connectivity index is 1.77. The summed E-state index contributed by atoms with van der Waals surface area (Å²) in [5, 5.41) is 7.99. The molecule has 0 atom stereocenters. The third kappa shape index (κ3) is 3.38. The molecule has 0 spiro atoms. The molecule has 0 aromatic carbocycles. The molecule has 7 nitrogen and oxygen atoms in total. The molecule has 0 saturated carbocycles. The number of nitrogens with one attached hydrogen (secondary N) is 1.